The first-order valence-electron chi connectivity index (χ1n) is 10.7. The highest BCUT2D eigenvalue weighted by Gasteiger charge is 2.21. The summed E-state index contributed by atoms with van der Waals surface area (Å²) >= 11 is 0. The number of anilines is 2. The van der Waals surface area contributed by atoms with Gasteiger partial charge in [0, 0.05) is 38.3 Å². The summed E-state index contributed by atoms with van der Waals surface area (Å²) in [5, 5.41) is 11.7. The fraction of sp³-hybridized carbons (Fsp3) is 0.261. The largest absolute Gasteiger partial charge is 0.352 e. The van der Waals surface area contributed by atoms with E-state index >= 15 is 0 Å². The van der Waals surface area contributed by atoms with Crippen LogP contribution < -0.4 is 10.2 Å². The van der Waals surface area contributed by atoms with Crippen LogP contribution in [0.2, 0.25) is 0 Å². The summed E-state index contributed by atoms with van der Waals surface area (Å²) in [7, 11) is 2.08. The van der Waals surface area contributed by atoms with Gasteiger partial charge in [0.2, 0.25) is 11.6 Å². The third-order valence-corrected chi connectivity index (χ3v) is 5.57. The van der Waals surface area contributed by atoms with Crippen molar-refractivity contribution in [3.8, 4) is 11.4 Å². The number of likely N-dealkylation sites (N-methyl/N-ethyl adjacent to an activating group) is 1. The van der Waals surface area contributed by atoms with Gasteiger partial charge in [0.05, 0.1) is 0 Å². The number of benzene rings is 2. The summed E-state index contributed by atoms with van der Waals surface area (Å²) in [6.07, 6.45) is 0. The van der Waals surface area contributed by atoms with Crippen LogP contribution in [-0.4, -0.2) is 63.3 Å². The molecule has 1 fully saturated rings. The molecule has 0 saturated carbocycles. The summed E-state index contributed by atoms with van der Waals surface area (Å²) < 4.78 is 26.5. The molecule has 8 nitrogen and oxygen atoms in total. The maximum absolute atomic E-state index is 13.3. The number of hydrogen-bond acceptors (Lipinski definition) is 8. The first-order valence-corrected chi connectivity index (χ1v) is 10.7. The molecule has 1 aliphatic heterocycles. The Kier molecular flexibility index (Phi) is 5.74. The predicted molar refractivity (Wildman–Crippen MR) is 122 cm³/mol. The number of hydrogen-bond donors (Lipinski definition) is 1. The number of rotatable bonds is 5. The lowest BCUT2D eigenvalue weighted by Gasteiger charge is -2.33. The van der Waals surface area contributed by atoms with Crippen molar-refractivity contribution in [1.29, 1.82) is 0 Å². The fourth-order valence-corrected chi connectivity index (χ4v) is 3.65. The molecule has 0 spiro atoms. The highest BCUT2D eigenvalue weighted by atomic mass is 19.1. The summed E-state index contributed by atoms with van der Waals surface area (Å²) in [4.78, 5) is 18.4. The van der Waals surface area contributed by atoms with Gasteiger partial charge in [-0.1, -0.05) is 12.1 Å². The fourth-order valence-electron chi connectivity index (χ4n) is 3.65. The molecular weight excluding hydrogens is 426 g/mol. The topological polar surface area (TPSA) is 83.0 Å². The summed E-state index contributed by atoms with van der Waals surface area (Å²) in [6.45, 7) is 3.80. The van der Waals surface area contributed by atoms with Gasteiger partial charge in [0.25, 0.3) is 0 Å². The van der Waals surface area contributed by atoms with Gasteiger partial charge in [-0.25, -0.2) is 13.8 Å². The van der Waals surface area contributed by atoms with Crippen molar-refractivity contribution in [3.05, 3.63) is 65.7 Å². The van der Waals surface area contributed by atoms with E-state index in [2.05, 4.69) is 37.3 Å². The minimum Gasteiger partial charge on any atom is -0.352 e. The highest BCUT2D eigenvalue weighted by Crippen LogP contribution is 2.26. The van der Waals surface area contributed by atoms with Crippen molar-refractivity contribution >= 4 is 22.9 Å². The second-order valence-electron chi connectivity index (χ2n) is 7.96. The van der Waals surface area contributed by atoms with Crippen LogP contribution in [0.5, 0.6) is 0 Å². The van der Waals surface area contributed by atoms with Crippen LogP contribution in [0.15, 0.2) is 48.5 Å². The normalized spacial score (nSPS) is 14.6. The Morgan fingerprint density at radius 1 is 0.818 bits per heavy atom. The Morgan fingerprint density at radius 3 is 2.18 bits per heavy atom. The first-order chi connectivity index (χ1) is 16.0. The number of fused-ring (bicyclic) bond motifs is 1. The van der Waals surface area contributed by atoms with Crippen LogP contribution in [0.3, 0.4) is 0 Å². The molecule has 0 aliphatic carbocycles. The molecule has 0 radical (unpaired) electrons. The monoisotopic (exact) mass is 448 g/mol. The molecule has 1 saturated heterocycles. The standard InChI is InChI=1S/C23H22F2N8/c1-32-10-12-33(13-11-32)22-19-21(31-30-20(27-19)16-4-8-18(25)9-5-16)28-23(29-22)26-14-15-2-6-17(24)7-3-15/h2-9H,10-14H2,1H3,(H,26,28,29,31). The second-order valence-corrected chi connectivity index (χ2v) is 7.96. The quantitative estimate of drug-likeness (QED) is 0.499. The van der Waals surface area contributed by atoms with E-state index in [1.54, 1.807) is 24.3 Å². The van der Waals surface area contributed by atoms with Gasteiger partial charge >= 0.3 is 0 Å². The molecule has 2 aromatic heterocycles. The molecule has 4 aromatic rings. The number of piperazine rings is 1. The molecule has 33 heavy (non-hydrogen) atoms. The zero-order valence-corrected chi connectivity index (χ0v) is 18.0. The molecule has 168 valence electrons. The molecule has 10 heteroatoms. The number of halogens is 2. The van der Waals surface area contributed by atoms with Crippen molar-refractivity contribution in [3.63, 3.8) is 0 Å². The Hall–Kier alpha value is -3.79. The van der Waals surface area contributed by atoms with E-state index < -0.39 is 0 Å². The summed E-state index contributed by atoms with van der Waals surface area (Å²) in [6, 6.07) is 12.2. The maximum Gasteiger partial charge on any atom is 0.227 e. The number of nitrogens with zero attached hydrogens (tertiary/aromatic N) is 7. The van der Waals surface area contributed by atoms with Crippen molar-refractivity contribution < 1.29 is 8.78 Å². The minimum atomic E-state index is -0.328. The lowest BCUT2D eigenvalue weighted by Crippen LogP contribution is -2.45. The van der Waals surface area contributed by atoms with Gasteiger partial charge in [0.1, 0.15) is 11.6 Å². The van der Waals surface area contributed by atoms with E-state index in [1.165, 1.54) is 24.3 Å². The zero-order chi connectivity index (χ0) is 22.8. The first kappa shape index (κ1) is 21.1. The summed E-state index contributed by atoms with van der Waals surface area (Å²) in [5.74, 6) is 0.843. The summed E-state index contributed by atoms with van der Waals surface area (Å²) in [5.41, 5.74) is 2.47. The van der Waals surface area contributed by atoms with Gasteiger partial charge < -0.3 is 15.1 Å². The number of nitrogens with one attached hydrogen (secondary N) is 1. The zero-order valence-electron chi connectivity index (χ0n) is 18.0. The van der Waals surface area contributed by atoms with E-state index in [-0.39, 0.29) is 11.6 Å². The Balaban J connectivity index is 1.51. The molecular formula is C23H22F2N8. The van der Waals surface area contributed by atoms with Crippen LogP contribution in [-0.2, 0) is 6.54 Å². The van der Waals surface area contributed by atoms with E-state index in [0.717, 1.165) is 31.7 Å². The van der Waals surface area contributed by atoms with Crippen molar-refractivity contribution in [2.75, 3.05) is 43.4 Å². The van der Waals surface area contributed by atoms with Crippen LogP contribution in [0.4, 0.5) is 20.5 Å². The molecule has 5 rings (SSSR count). The molecule has 0 amide bonds. The Morgan fingerprint density at radius 2 is 1.48 bits per heavy atom. The molecule has 0 atom stereocenters. The Bertz CT molecular complexity index is 1260. The smallest absolute Gasteiger partial charge is 0.227 e. The van der Waals surface area contributed by atoms with Crippen molar-refractivity contribution in [1.82, 2.24) is 30.0 Å². The molecule has 1 N–H and O–H groups in total. The molecule has 2 aromatic carbocycles. The molecule has 1 aliphatic rings. The van der Waals surface area contributed by atoms with Crippen molar-refractivity contribution in [2.45, 2.75) is 6.54 Å². The predicted octanol–water partition coefficient (Wildman–Crippen LogP) is 3.12. The van der Waals surface area contributed by atoms with Gasteiger partial charge in [0.15, 0.2) is 17.2 Å². The van der Waals surface area contributed by atoms with E-state index in [9.17, 15) is 8.78 Å². The third kappa shape index (κ3) is 4.70. The van der Waals surface area contributed by atoms with Crippen molar-refractivity contribution in [2.24, 2.45) is 0 Å². The van der Waals surface area contributed by atoms with Crippen LogP contribution >= 0.6 is 0 Å². The second kappa shape index (κ2) is 8.99. The van der Waals surface area contributed by atoms with E-state index in [4.69, 9.17) is 9.97 Å². The van der Waals surface area contributed by atoms with Gasteiger partial charge in [-0.05, 0) is 49.0 Å². The lowest BCUT2D eigenvalue weighted by atomic mass is 10.2. The van der Waals surface area contributed by atoms with E-state index in [0.29, 0.717) is 40.9 Å². The van der Waals surface area contributed by atoms with Gasteiger partial charge in [-0.15, -0.1) is 10.2 Å². The number of aromatic nitrogens is 5. The molecule has 3 heterocycles. The SMILES string of the molecule is CN1CCN(c2nc(NCc3ccc(F)cc3)nc3nnc(-c4ccc(F)cc4)nc23)CC1. The highest BCUT2D eigenvalue weighted by molar-refractivity contribution is 5.85. The average Bonchev–Trinajstić information content (AvgIpc) is 2.84. The van der Waals surface area contributed by atoms with E-state index in [1.807, 2.05) is 0 Å². The van der Waals surface area contributed by atoms with Gasteiger partial charge in [-0.3, -0.25) is 0 Å². The van der Waals surface area contributed by atoms with Gasteiger partial charge in [-0.2, -0.15) is 9.97 Å². The van der Waals surface area contributed by atoms with Crippen LogP contribution in [0, 0.1) is 11.6 Å². The van der Waals surface area contributed by atoms with Crippen LogP contribution in [0.1, 0.15) is 5.56 Å². The molecule has 0 unspecified atom stereocenters. The van der Waals surface area contributed by atoms with Crippen LogP contribution in [0.25, 0.3) is 22.6 Å². The lowest BCUT2D eigenvalue weighted by molar-refractivity contribution is 0.312. The average molecular weight is 448 g/mol. The Labute approximate surface area is 189 Å². The minimum absolute atomic E-state index is 0.281. The maximum atomic E-state index is 13.3. The molecule has 0 bridgehead atoms. The third-order valence-electron chi connectivity index (χ3n) is 5.57.